The number of guanidine groups is 1. The van der Waals surface area contributed by atoms with E-state index in [-0.39, 0.29) is 48.8 Å². The Bertz CT molecular complexity index is 618. The summed E-state index contributed by atoms with van der Waals surface area (Å²) in [6.45, 7) is 4.30. The lowest BCUT2D eigenvalue weighted by Gasteiger charge is -2.14. The molecule has 10 heteroatoms. The van der Waals surface area contributed by atoms with Crippen LogP contribution in [0.25, 0.3) is 0 Å². The van der Waals surface area contributed by atoms with Crippen LogP contribution in [0.2, 0.25) is 0 Å². The van der Waals surface area contributed by atoms with Gasteiger partial charge in [-0.15, -0.1) is 24.0 Å². The molecule has 2 N–H and O–H groups in total. The maximum absolute atomic E-state index is 13.5. The van der Waals surface area contributed by atoms with Crippen molar-refractivity contribution in [3.8, 4) is 5.75 Å². The monoisotopic (exact) mass is 514 g/mol. The number of nitrogens with zero attached hydrogens (tertiary/aromatic N) is 2. The third kappa shape index (κ3) is 11.2. The third-order valence-electron chi connectivity index (χ3n) is 3.38. The van der Waals surface area contributed by atoms with Crippen molar-refractivity contribution in [2.75, 3.05) is 53.6 Å². The number of amides is 1. The van der Waals surface area contributed by atoms with Crippen LogP contribution in [0.1, 0.15) is 13.3 Å². The minimum Gasteiger partial charge on any atom is -0.489 e. The number of carbonyl (C=O) groups excluding carboxylic acids is 1. The van der Waals surface area contributed by atoms with Crippen LogP contribution in [-0.4, -0.2) is 70.3 Å². The SMILES string of the molecule is CCOCCCNC(=NCC(=O)N(C)C)NCCOc1ccc(F)cc1F.I. The smallest absolute Gasteiger partial charge is 0.243 e. The van der Waals surface area contributed by atoms with Crippen molar-refractivity contribution in [1.82, 2.24) is 15.5 Å². The first kappa shape index (κ1) is 26.3. The predicted octanol–water partition coefficient (Wildman–Crippen LogP) is 2.01. The zero-order valence-electron chi connectivity index (χ0n) is 16.5. The van der Waals surface area contributed by atoms with Crippen molar-refractivity contribution in [2.24, 2.45) is 4.99 Å². The number of ether oxygens (including phenoxy) is 2. The Kier molecular flexibility index (Phi) is 14.3. The van der Waals surface area contributed by atoms with Crippen molar-refractivity contribution in [1.29, 1.82) is 0 Å². The summed E-state index contributed by atoms with van der Waals surface area (Å²) >= 11 is 0. The van der Waals surface area contributed by atoms with E-state index in [1.165, 1.54) is 11.0 Å². The maximum atomic E-state index is 13.5. The molecule has 0 atom stereocenters. The summed E-state index contributed by atoms with van der Waals surface area (Å²) in [5, 5.41) is 6.11. The average Bonchev–Trinajstić information content (AvgIpc) is 2.63. The van der Waals surface area contributed by atoms with Gasteiger partial charge in [-0.1, -0.05) is 0 Å². The lowest BCUT2D eigenvalue weighted by molar-refractivity contribution is -0.127. The highest BCUT2D eigenvalue weighted by molar-refractivity contribution is 14.0. The lowest BCUT2D eigenvalue weighted by atomic mass is 10.3. The normalized spacial score (nSPS) is 10.8. The summed E-state index contributed by atoms with van der Waals surface area (Å²) in [5.41, 5.74) is 0. The molecule has 0 bridgehead atoms. The van der Waals surface area contributed by atoms with Gasteiger partial charge >= 0.3 is 0 Å². The topological polar surface area (TPSA) is 75.2 Å². The van der Waals surface area contributed by atoms with Crippen molar-refractivity contribution in [3.63, 3.8) is 0 Å². The minimum absolute atomic E-state index is 0. The van der Waals surface area contributed by atoms with Gasteiger partial charge in [0.25, 0.3) is 0 Å². The number of carbonyl (C=O) groups is 1. The molecule has 160 valence electrons. The second kappa shape index (κ2) is 15.3. The first-order chi connectivity index (χ1) is 12.9. The van der Waals surface area contributed by atoms with Gasteiger partial charge in [0, 0.05) is 39.9 Å². The molecule has 28 heavy (non-hydrogen) atoms. The molecule has 0 fully saturated rings. The van der Waals surface area contributed by atoms with Gasteiger partial charge in [-0.3, -0.25) is 4.79 Å². The first-order valence-electron chi connectivity index (χ1n) is 8.82. The van der Waals surface area contributed by atoms with E-state index in [1.54, 1.807) is 14.1 Å². The summed E-state index contributed by atoms with van der Waals surface area (Å²) in [5.74, 6) is -1.12. The summed E-state index contributed by atoms with van der Waals surface area (Å²) < 4.78 is 36.9. The average molecular weight is 514 g/mol. The van der Waals surface area contributed by atoms with Gasteiger partial charge in [-0.2, -0.15) is 0 Å². The third-order valence-corrected chi connectivity index (χ3v) is 3.38. The zero-order valence-corrected chi connectivity index (χ0v) is 18.8. The highest BCUT2D eigenvalue weighted by Gasteiger charge is 2.06. The summed E-state index contributed by atoms with van der Waals surface area (Å²) in [6.07, 6.45) is 0.785. The Morgan fingerprint density at radius 2 is 1.89 bits per heavy atom. The van der Waals surface area contributed by atoms with Crippen LogP contribution >= 0.6 is 24.0 Å². The molecule has 0 aliphatic heterocycles. The Morgan fingerprint density at radius 1 is 1.18 bits per heavy atom. The fourth-order valence-corrected chi connectivity index (χ4v) is 1.91. The van der Waals surface area contributed by atoms with E-state index in [9.17, 15) is 13.6 Å². The Hall–Kier alpha value is -1.69. The number of halogens is 3. The summed E-state index contributed by atoms with van der Waals surface area (Å²) in [6, 6.07) is 3.13. The van der Waals surface area contributed by atoms with Crippen molar-refractivity contribution in [2.45, 2.75) is 13.3 Å². The number of hydrogen-bond acceptors (Lipinski definition) is 4. The summed E-state index contributed by atoms with van der Waals surface area (Å²) in [7, 11) is 3.32. The number of benzene rings is 1. The quantitative estimate of drug-likeness (QED) is 0.205. The van der Waals surface area contributed by atoms with E-state index < -0.39 is 11.6 Å². The van der Waals surface area contributed by atoms with Crippen LogP contribution in [0.3, 0.4) is 0 Å². The molecule has 0 aliphatic rings. The molecule has 0 radical (unpaired) electrons. The van der Waals surface area contributed by atoms with Gasteiger partial charge in [0.05, 0.1) is 6.54 Å². The molecule has 7 nitrogen and oxygen atoms in total. The lowest BCUT2D eigenvalue weighted by Crippen LogP contribution is -2.41. The van der Waals surface area contributed by atoms with Crippen LogP contribution in [0, 0.1) is 11.6 Å². The largest absolute Gasteiger partial charge is 0.489 e. The fraction of sp³-hybridized carbons (Fsp3) is 0.556. The van der Waals surface area contributed by atoms with E-state index in [0.29, 0.717) is 32.3 Å². The van der Waals surface area contributed by atoms with Gasteiger partial charge in [-0.05, 0) is 25.5 Å². The molecule has 0 heterocycles. The summed E-state index contributed by atoms with van der Waals surface area (Å²) in [4.78, 5) is 17.4. The van der Waals surface area contributed by atoms with E-state index in [1.807, 2.05) is 6.92 Å². The predicted molar refractivity (Wildman–Crippen MR) is 115 cm³/mol. The number of rotatable bonds is 11. The van der Waals surface area contributed by atoms with Crippen LogP contribution in [0.15, 0.2) is 23.2 Å². The van der Waals surface area contributed by atoms with Crippen LogP contribution < -0.4 is 15.4 Å². The molecular weight excluding hydrogens is 485 g/mol. The Balaban J connectivity index is 0.00000729. The van der Waals surface area contributed by atoms with Gasteiger partial charge in [0.15, 0.2) is 17.5 Å². The molecule has 0 spiro atoms. The standard InChI is InChI=1S/C18H28F2N4O3.HI/c1-4-26-10-5-8-21-18(23-13-17(25)24(2)3)22-9-11-27-16-7-6-14(19)12-15(16)20;/h6-7,12H,4-5,8-11,13H2,1-3H3,(H2,21,22,23);1H. The van der Waals surface area contributed by atoms with E-state index in [0.717, 1.165) is 18.6 Å². The molecule has 0 unspecified atom stereocenters. The number of likely N-dealkylation sites (N-methyl/N-ethyl adjacent to an activating group) is 1. The first-order valence-corrected chi connectivity index (χ1v) is 8.82. The van der Waals surface area contributed by atoms with Crippen LogP contribution in [-0.2, 0) is 9.53 Å². The Morgan fingerprint density at radius 3 is 2.54 bits per heavy atom. The molecule has 1 aromatic carbocycles. The van der Waals surface area contributed by atoms with Crippen molar-refractivity contribution in [3.05, 3.63) is 29.8 Å². The molecule has 1 rings (SSSR count). The van der Waals surface area contributed by atoms with E-state index in [4.69, 9.17) is 9.47 Å². The van der Waals surface area contributed by atoms with Crippen LogP contribution in [0.4, 0.5) is 8.78 Å². The molecule has 0 aliphatic carbocycles. The van der Waals surface area contributed by atoms with Crippen molar-refractivity contribution >= 4 is 35.8 Å². The fourth-order valence-electron chi connectivity index (χ4n) is 1.91. The molecule has 1 amide bonds. The molecule has 1 aromatic rings. The highest BCUT2D eigenvalue weighted by atomic mass is 127. The van der Waals surface area contributed by atoms with E-state index >= 15 is 0 Å². The van der Waals surface area contributed by atoms with Crippen molar-refractivity contribution < 1.29 is 23.0 Å². The van der Waals surface area contributed by atoms with E-state index in [2.05, 4.69) is 15.6 Å². The molecule has 0 aromatic heterocycles. The molecule has 0 saturated heterocycles. The molecular formula is C18H29F2IN4O3. The minimum atomic E-state index is -0.755. The number of nitrogens with one attached hydrogen (secondary N) is 2. The maximum Gasteiger partial charge on any atom is 0.243 e. The number of hydrogen-bond donors (Lipinski definition) is 2. The second-order valence-electron chi connectivity index (χ2n) is 5.78. The highest BCUT2D eigenvalue weighted by Crippen LogP contribution is 2.17. The molecule has 0 saturated carbocycles. The van der Waals surface area contributed by atoms with Crippen LogP contribution in [0.5, 0.6) is 5.75 Å². The second-order valence-corrected chi connectivity index (χ2v) is 5.78. The Labute approximate surface area is 181 Å². The van der Waals surface area contributed by atoms with Gasteiger partial charge in [0.1, 0.15) is 19.0 Å². The number of aliphatic imine (C=N–C) groups is 1. The zero-order chi connectivity index (χ0) is 20.1. The van der Waals surface area contributed by atoms with Gasteiger partial charge < -0.3 is 25.0 Å². The van der Waals surface area contributed by atoms with Gasteiger partial charge in [0.2, 0.25) is 5.91 Å². The van der Waals surface area contributed by atoms with Gasteiger partial charge in [-0.25, -0.2) is 13.8 Å².